The topological polar surface area (TPSA) is 64.3 Å². The first-order valence-corrected chi connectivity index (χ1v) is 6.85. The van der Waals surface area contributed by atoms with E-state index >= 15 is 0 Å². The summed E-state index contributed by atoms with van der Waals surface area (Å²) in [5, 5.41) is 2.99. The van der Waals surface area contributed by atoms with E-state index in [0.717, 1.165) is 17.7 Å². The first kappa shape index (κ1) is 15.5. The summed E-state index contributed by atoms with van der Waals surface area (Å²) in [6.45, 7) is 6.93. The van der Waals surface area contributed by atoms with Gasteiger partial charge in [0.1, 0.15) is 5.75 Å². The number of carbonyl (C=O) groups excluding carboxylic acids is 1. The molecule has 19 heavy (non-hydrogen) atoms. The molecule has 4 heteroatoms. The Kier molecular flexibility index (Phi) is 6.36. The smallest absolute Gasteiger partial charge is 0.224 e. The van der Waals surface area contributed by atoms with E-state index in [4.69, 9.17) is 10.5 Å². The van der Waals surface area contributed by atoms with Gasteiger partial charge in [-0.15, -0.1) is 0 Å². The monoisotopic (exact) mass is 264 g/mol. The molecule has 1 aromatic carbocycles. The summed E-state index contributed by atoms with van der Waals surface area (Å²) < 4.78 is 5.39. The lowest BCUT2D eigenvalue weighted by Crippen LogP contribution is -2.36. The number of nitrogens with one attached hydrogen (secondary N) is 1. The molecule has 0 aliphatic rings. The third kappa shape index (κ3) is 4.56. The Balaban J connectivity index is 2.62. The van der Waals surface area contributed by atoms with E-state index in [1.54, 1.807) is 0 Å². The van der Waals surface area contributed by atoms with Crippen molar-refractivity contribution in [1.29, 1.82) is 0 Å². The van der Waals surface area contributed by atoms with Crippen molar-refractivity contribution in [2.45, 2.75) is 33.2 Å². The Morgan fingerprint density at radius 3 is 2.42 bits per heavy atom. The second kappa shape index (κ2) is 7.79. The van der Waals surface area contributed by atoms with E-state index in [1.165, 1.54) is 0 Å². The number of amides is 1. The van der Waals surface area contributed by atoms with Gasteiger partial charge < -0.3 is 15.8 Å². The van der Waals surface area contributed by atoms with E-state index in [-0.39, 0.29) is 17.9 Å². The van der Waals surface area contributed by atoms with E-state index in [0.29, 0.717) is 13.2 Å². The SMILES string of the molecule is CCOc1ccc(C(C)NC(=O)C(CC)CN)cc1. The van der Waals surface area contributed by atoms with Crippen LogP contribution in [0, 0.1) is 5.92 Å². The van der Waals surface area contributed by atoms with E-state index in [9.17, 15) is 4.79 Å². The number of benzene rings is 1. The van der Waals surface area contributed by atoms with Gasteiger partial charge in [-0.2, -0.15) is 0 Å². The predicted molar refractivity (Wildman–Crippen MR) is 77.0 cm³/mol. The van der Waals surface area contributed by atoms with Crippen LogP contribution >= 0.6 is 0 Å². The minimum absolute atomic E-state index is 0.0198. The average Bonchev–Trinajstić information content (AvgIpc) is 2.41. The molecule has 1 rings (SSSR count). The largest absolute Gasteiger partial charge is 0.494 e. The van der Waals surface area contributed by atoms with Crippen LogP contribution < -0.4 is 15.8 Å². The highest BCUT2D eigenvalue weighted by Gasteiger charge is 2.17. The van der Waals surface area contributed by atoms with Gasteiger partial charge in [0.2, 0.25) is 5.91 Å². The highest BCUT2D eigenvalue weighted by molar-refractivity contribution is 5.79. The van der Waals surface area contributed by atoms with Gasteiger partial charge in [0.15, 0.2) is 0 Å². The molecule has 0 aromatic heterocycles. The van der Waals surface area contributed by atoms with Gasteiger partial charge >= 0.3 is 0 Å². The summed E-state index contributed by atoms with van der Waals surface area (Å²) in [5.74, 6) is 0.759. The fraction of sp³-hybridized carbons (Fsp3) is 0.533. The zero-order valence-electron chi connectivity index (χ0n) is 12.0. The molecule has 4 nitrogen and oxygen atoms in total. The second-order valence-electron chi connectivity index (χ2n) is 4.57. The van der Waals surface area contributed by atoms with Gasteiger partial charge in [0.25, 0.3) is 0 Å². The van der Waals surface area contributed by atoms with Crippen LogP contribution in [-0.2, 0) is 4.79 Å². The van der Waals surface area contributed by atoms with Crippen LogP contribution in [0.4, 0.5) is 0 Å². The van der Waals surface area contributed by atoms with Crippen molar-refractivity contribution in [3.05, 3.63) is 29.8 Å². The Bertz CT molecular complexity index is 386. The number of hydrogen-bond acceptors (Lipinski definition) is 3. The van der Waals surface area contributed by atoms with Crippen molar-refractivity contribution in [3.8, 4) is 5.75 Å². The van der Waals surface area contributed by atoms with Crippen LogP contribution in [0.3, 0.4) is 0 Å². The molecule has 0 saturated heterocycles. The molecule has 0 fully saturated rings. The molecule has 0 heterocycles. The van der Waals surface area contributed by atoms with Crippen LogP contribution in [0.1, 0.15) is 38.8 Å². The second-order valence-corrected chi connectivity index (χ2v) is 4.57. The van der Waals surface area contributed by atoms with E-state index in [2.05, 4.69) is 5.32 Å². The predicted octanol–water partition coefficient (Wildman–Crippen LogP) is 2.25. The third-order valence-electron chi connectivity index (χ3n) is 3.20. The quantitative estimate of drug-likeness (QED) is 0.794. The fourth-order valence-corrected chi connectivity index (χ4v) is 1.89. The van der Waals surface area contributed by atoms with Crippen molar-refractivity contribution >= 4 is 5.91 Å². The zero-order valence-corrected chi connectivity index (χ0v) is 12.0. The van der Waals surface area contributed by atoms with Crippen LogP contribution in [-0.4, -0.2) is 19.1 Å². The van der Waals surface area contributed by atoms with Gasteiger partial charge in [-0.25, -0.2) is 0 Å². The molecule has 0 aliphatic heterocycles. The number of nitrogens with two attached hydrogens (primary N) is 1. The minimum atomic E-state index is -0.106. The summed E-state index contributed by atoms with van der Waals surface area (Å²) in [5.41, 5.74) is 6.63. The molecule has 106 valence electrons. The highest BCUT2D eigenvalue weighted by atomic mass is 16.5. The standard InChI is InChI=1S/C15H24N2O2/c1-4-12(10-16)15(18)17-11(3)13-6-8-14(9-7-13)19-5-2/h6-9,11-12H,4-5,10,16H2,1-3H3,(H,17,18). The lowest BCUT2D eigenvalue weighted by atomic mass is 10.0. The number of hydrogen-bond donors (Lipinski definition) is 2. The van der Waals surface area contributed by atoms with Crippen molar-refractivity contribution in [2.75, 3.05) is 13.2 Å². The fourth-order valence-electron chi connectivity index (χ4n) is 1.89. The highest BCUT2D eigenvalue weighted by Crippen LogP contribution is 2.18. The molecular formula is C15H24N2O2. The van der Waals surface area contributed by atoms with Gasteiger partial charge in [-0.3, -0.25) is 4.79 Å². The van der Waals surface area contributed by atoms with Crippen LogP contribution in [0.15, 0.2) is 24.3 Å². The maximum absolute atomic E-state index is 11.9. The van der Waals surface area contributed by atoms with Crippen LogP contribution in [0.5, 0.6) is 5.75 Å². The summed E-state index contributed by atoms with van der Waals surface area (Å²) in [6.07, 6.45) is 0.762. The summed E-state index contributed by atoms with van der Waals surface area (Å²) in [4.78, 5) is 11.9. The molecule has 0 spiro atoms. The summed E-state index contributed by atoms with van der Waals surface area (Å²) in [7, 11) is 0. The van der Waals surface area contributed by atoms with E-state index < -0.39 is 0 Å². The van der Waals surface area contributed by atoms with Gasteiger partial charge in [-0.1, -0.05) is 19.1 Å². The first-order chi connectivity index (χ1) is 9.12. The molecule has 3 N–H and O–H groups in total. The van der Waals surface area contributed by atoms with Crippen molar-refractivity contribution in [1.82, 2.24) is 5.32 Å². The van der Waals surface area contributed by atoms with Crippen molar-refractivity contribution < 1.29 is 9.53 Å². The zero-order chi connectivity index (χ0) is 14.3. The molecule has 0 bridgehead atoms. The maximum atomic E-state index is 11.9. The number of rotatable bonds is 7. The van der Waals surface area contributed by atoms with Gasteiger partial charge in [0.05, 0.1) is 12.6 Å². The van der Waals surface area contributed by atoms with E-state index in [1.807, 2.05) is 45.0 Å². The molecule has 0 saturated carbocycles. The lowest BCUT2D eigenvalue weighted by molar-refractivity contribution is -0.125. The third-order valence-corrected chi connectivity index (χ3v) is 3.20. The van der Waals surface area contributed by atoms with Crippen LogP contribution in [0.25, 0.3) is 0 Å². The minimum Gasteiger partial charge on any atom is -0.494 e. The molecule has 2 atom stereocenters. The number of ether oxygens (including phenoxy) is 1. The molecular weight excluding hydrogens is 240 g/mol. The maximum Gasteiger partial charge on any atom is 0.224 e. The Morgan fingerprint density at radius 2 is 1.95 bits per heavy atom. The normalized spacial score (nSPS) is 13.7. The van der Waals surface area contributed by atoms with Gasteiger partial charge in [-0.05, 0) is 38.0 Å². The molecule has 1 amide bonds. The number of carbonyl (C=O) groups is 1. The summed E-state index contributed by atoms with van der Waals surface area (Å²) >= 11 is 0. The van der Waals surface area contributed by atoms with Gasteiger partial charge in [0, 0.05) is 12.5 Å². The molecule has 1 aromatic rings. The van der Waals surface area contributed by atoms with Crippen molar-refractivity contribution in [3.63, 3.8) is 0 Å². The molecule has 0 radical (unpaired) electrons. The van der Waals surface area contributed by atoms with Crippen molar-refractivity contribution in [2.24, 2.45) is 11.7 Å². The average molecular weight is 264 g/mol. The Labute approximate surface area is 115 Å². The molecule has 0 aliphatic carbocycles. The van der Waals surface area contributed by atoms with Crippen LogP contribution in [0.2, 0.25) is 0 Å². The Hall–Kier alpha value is -1.55. The summed E-state index contributed by atoms with van der Waals surface area (Å²) in [6, 6.07) is 7.76. The Morgan fingerprint density at radius 1 is 1.32 bits per heavy atom. The molecule has 2 unspecified atom stereocenters. The lowest BCUT2D eigenvalue weighted by Gasteiger charge is -2.18. The first-order valence-electron chi connectivity index (χ1n) is 6.85.